The Morgan fingerprint density at radius 2 is 2.25 bits per heavy atom. The number of anilines is 1. The second-order valence-corrected chi connectivity index (χ2v) is 4.83. The van der Waals surface area contributed by atoms with Crippen LogP contribution in [0.25, 0.3) is 0 Å². The molecule has 0 bridgehead atoms. The Bertz CT molecular complexity index is 382. The highest BCUT2D eigenvalue weighted by Crippen LogP contribution is 2.16. The molecule has 1 aromatic heterocycles. The molecule has 0 atom stereocenters. The minimum atomic E-state index is 0.689. The van der Waals surface area contributed by atoms with Gasteiger partial charge in [0.2, 0.25) is 0 Å². The molecule has 0 aliphatic rings. The highest BCUT2D eigenvalue weighted by molar-refractivity contribution is 5.43. The first-order valence-corrected chi connectivity index (χ1v) is 7.24. The number of aromatic nitrogens is 1. The fraction of sp³-hybridized carbons (Fsp3) is 0.562. The molecule has 1 aromatic rings. The molecule has 1 rings (SSSR count). The van der Waals surface area contributed by atoms with Crippen molar-refractivity contribution in [3.05, 3.63) is 36.0 Å². The van der Waals surface area contributed by atoms with Crippen LogP contribution in [0.3, 0.4) is 0 Å². The molecule has 112 valence electrons. The van der Waals surface area contributed by atoms with E-state index in [2.05, 4.69) is 35.9 Å². The van der Waals surface area contributed by atoms with Crippen LogP contribution in [0.4, 0.5) is 5.82 Å². The Morgan fingerprint density at radius 1 is 1.45 bits per heavy atom. The van der Waals surface area contributed by atoms with Crippen LogP contribution in [0, 0.1) is 0 Å². The van der Waals surface area contributed by atoms with Crippen LogP contribution in [0.15, 0.2) is 24.8 Å². The van der Waals surface area contributed by atoms with E-state index in [1.165, 1.54) is 5.56 Å². The number of nitrogens with zero attached hydrogens (tertiary/aromatic N) is 2. The maximum absolute atomic E-state index is 5.18. The van der Waals surface area contributed by atoms with E-state index in [1.807, 2.05) is 13.1 Å². The van der Waals surface area contributed by atoms with Crippen LogP contribution in [0.2, 0.25) is 0 Å². The molecule has 0 fully saturated rings. The van der Waals surface area contributed by atoms with Gasteiger partial charge in [0.1, 0.15) is 5.82 Å². The Hall–Kier alpha value is -1.39. The third-order valence-corrected chi connectivity index (χ3v) is 3.05. The fourth-order valence-corrected chi connectivity index (χ4v) is 2.14. The summed E-state index contributed by atoms with van der Waals surface area (Å²) in [5, 5.41) is 3.20. The van der Waals surface area contributed by atoms with Gasteiger partial charge in [0, 0.05) is 32.4 Å². The summed E-state index contributed by atoms with van der Waals surface area (Å²) in [4.78, 5) is 6.98. The third-order valence-electron chi connectivity index (χ3n) is 3.05. The zero-order valence-electron chi connectivity index (χ0n) is 13.0. The average Bonchev–Trinajstić information content (AvgIpc) is 2.44. The monoisotopic (exact) mass is 277 g/mol. The van der Waals surface area contributed by atoms with Crippen LogP contribution in [-0.4, -0.2) is 38.8 Å². The van der Waals surface area contributed by atoms with E-state index in [9.17, 15) is 0 Å². The molecule has 0 spiro atoms. The number of pyridine rings is 1. The van der Waals surface area contributed by atoms with E-state index in [4.69, 9.17) is 9.72 Å². The molecule has 0 aliphatic heterocycles. The molecule has 0 aromatic carbocycles. The van der Waals surface area contributed by atoms with Crippen molar-refractivity contribution >= 4 is 5.82 Å². The fourth-order valence-electron chi connectivity index (χ4n) is 2.14. The quantitative estimate of drug-likeness (QED) is 0.666. The molecule has 0 saturated heterocycles. The summed E-state index contributed by atoms with van der Waals surface area (Å²) in [6, 6.07) is 4.33. The Balaban J connectivity index is 3.00. The SMILES string of the molecule is C=CCN(CCOC)c1cc(CNC)cc(CCC)n1. The van der Waals surface area contributed by atoms with Crippen LogP contribution in [0.1, 0.15) is 24.6 Å². The van der Waals surface area contributed by atoms with E-state index in [-0.39, 0.29) is 0 Å². The summed E-state index contributed by atoms with van der Waals surface area (Å²) >= 11 is 0. The van der Waals surface area contributed by atoms with Crippen molar-refractivity contribution in [2.24, 2.45) is 0 Å². The van der Waals surface area contributed by atoms with Gasteiger partial charge in [-0.05, 0) is 31.2 Å². The van der Waals surface area contributed by atoms with Crippen molar-refractivity contribution in [1.82, 2.24) is 10.3 Å². The van der Waals surface area contributed by atoms with Crippen molar-refractivity contribution in [2.75, 3.05) is 38.8 Å². The molecule has 1 N–H and O–H groups in total. The highest BCUT2D eigenvalue weighted by atomic mass is 16.5. The number of ether oxygens (including phenoxy) is 1. The van der Waals surface area contributed by atoms with E-state index >= 15 is 0 Å². The Kier molecular flexibility index (Phi) is 7.92. The molecule has 0 radical (unpaired) electrons. The van der Waals surface area contributed by atoms with E-state index in [0.717, 1.165) is 44.0 Å². The lowest BCUT2D eigenvalue weighted by Gasteiger charge is -2.23. The first kappa shape index (κ1) is 16.7. The van der Waals surface area contributed by atoms with Gasteiger partial charge < -0.3 is 15.0 Å². The number of nitrogens with one attached hydrogen (secondary N) is 1. The molecule has 20 heavy (non-hydrogen) atoms. The molecule has 4 nitrogen and oxygen atoms in total. The van der Waals surface area contributed by atoms with E-state index in [1.54, 1.807) is 7.11 Å². The molecule has 4 heteroatoms. The zero-order chi connectivity index (χ0) is 14.8. The predicted octanol–water partition coefficient (Wildman–Crippen LogP) is 2.39. The Labute approximate surface area is 122 Å². The number of methoxy groups -OCH3 is 1. The molecular weight excluding hydrogens is 250 g/mol. The van der Waals surface area contributed by atoms with Gasteiger partial charge in [0.05, 0.1) is 6.61 Å². The van der Waals surface area contributed by atoms with Gasteiger partial charge in [-0.2, -0.15) is 0 Å². The second kappa shape index (κ2) is 9.50. The molecule has 1 heterocycles. The van der Waals surface area contributed by atoms with Crippen LogP contribution >= 0.6 is 0 Å². The Morgan fingerprint density at radius 3 is 2.85 bits per heavy atom. The number of aryl methyl sites for hydroxylation is 1. The summed E-state index contributed by atoms with van der Waals surface area (Å²) in [5.74, 6) is 1.01. The molecule has 0 saturated carbocycles. The second-order valence-electron chi connectivity index (χ2n) is 4.83. The van der Waals surface area contributed by atoms with Crippen molar-refractivity contribution in [2.45, 2.75) is 26.3 Å². The standard InChI is InChI=1S/C16H27N3O/c1-5-7-15-11-14(13-17-3)12-16(18-15)19(8-6-2)9-10-20-4/h6,11-12,17H,2,5,7-10,13H2,1,3-4H3. The first-order chi connectivity index (χ1) is 9.74. The van der Waals surface area contributed by atoms with E-state index in [0.29, 0.717) is 6.61 Å². The lowest BCUT2D eigenvalue weighted by atomic mass is 10.1. The van der Waals surface area contributed by atoms with Gasteiger partial charge in [-0.1, -0.05) is 19.4 Å². The van der Waals surface area contributed by atoms with Crippen molar-refractivity contribution in [3.8, 4) is 0 Å². The van der Waals surface area contributed by atoms with Gasteiger partial charge >= 0.3 is 0 Å². The zero-order valence-corrected chi connectivity index (χ0v) is 13.0. The third kappa shape index (κ3) is 5.31. The van der Waals surface area contributed by atoms with Crippen LogP contribution < -0.4 is 10.2 Å². The number of rotatable bonds is 10. The number of hydrogen-bond acceptors (Lipinski definition) is 4. The maximum atomic E-state index is 5.18. The molecule has 0 aliphatic carbocycles. The predicted molar refractivity (Wildman–Crippen MR) is 85.3 cm³/mol. The van der Waals surface area contributed by atoms with Crippen molar-refractivity contribution in [1.29, 1.82) is 0 Å². The summed E-state index contributed by atoms with van der Waals surface area (Å²) < 4.78 is 5.18. The lowest BCUT2D eigenvalue weighted by Crippen LogP contribution is -2.28. The van der Waals surface area contributed by atoms with Crippen LogP contribution in [-0.2, 0) is 17.7 Å². The molecule has 0 unspecified atom stereocenters. The normalized spacial score (nSPS) is 10.6. The summed E-state index contributed by atoms with van der Waals surface area (Å²) in [7, 11) is 3.69. The van der Waals surface area contributed by atoms with Gasteiger partial charge in [-0.25, -0.2) is 4.98 Å². The number of hydrogen-bond donors (Lipinski definition) is 1. The highest BCUT2D eigenvalue weighted by Gasteiger charge is 2.09. The summed E-state index contributed by atoms with van der Waals surface area (Å²) in [6.45, 7) is 9.16. The van der Waals surface area contributed by atoms with Gasteiger partial charge in [0.25, 0.3) is 0 Å². The minimum absolute atomic E-state index is 0.689. The first-order valence-electron chi connectivity index (χ1n) is 7.24. The van der Waals surface area contributed by atoms with Gasteiger partial charge in [0.15, 0.2) is 0 Å². The largest absolute Gasteiger partial charge is 0.383 e. The van der Waals surface area contributed by atoms with Gasteiger partial charge in [-0.3, -0.25) is 0 Å². The lowest BCUT2D eigenvalue weighted by molar-refractivity contribution is 0.205. The summed E-state index contributed by atoms with van der Waals surface area (Å²) in [6.07, 6.45) is 4.02. The topological polar surface area (TPSA) is 37.4 Å². The van der Waals surface area contributed by atoms with Gasteiger partial charge in [-0.15, -0.1) is 6.58 Å². The molecule has 0 amide bonds. The minimum Gasteiger partial charge on any atom is -0.383 e. The average molecular weight is 277 g/mol. The maximum Gasteiger partial charge on any atom is 0.129 e. The van der Waals surface area contributed by atoms with Crippen molar-refractivity contribution in [3.63, 3.8) is 0 Å². The van der Waals surface area contributed by atoms with E-state index < -0.39 is 0 Å². The smallest absolute Gasteiger partial charge is 0.129 e. The molecular formula is C16H27N3O. The summed E-state index contributed by atoms with van der Waals surface area (Å²) in [5.41, 5.74) is 2.43. The van der Waals surface area contributed by atoms with Crippen molar-refractivity contribution < 1.29 is 4.74 Å². The van der Waals surface area contributed by atoms with Crippen LogP contribution in [0.5, 0.6) is 0 Å².